The van der Waals surface area contributed by atoms with E-state index in [1.165, 1.54) is 11.6 Å². The third-order valence-electron chi connectivity index (χ3n) is 6.10. The summed E-state index contributed by atoms with van der Waals surface area (Å²) in [7, 11) is 0. The summed E-state index contributed by atoms with van der Waals surface area (Å²) in [6.07, 6.45) is 0. The number of nitro groups is 1. The highest BCUT2D eigenvalue weighted by molar-refractivity contribution is 6.11. The summed E-state index contributed by atoms with van der Waals surface area (Å²) in [5.74, 6) is 0.551. The van der Waals surface area contributed by atoms with Crippen molar-refractivity contribution in [2.24, 2.45) is 0 Å². The van der Waals surface area contributed by atoms with Gasteiger partial charge in [0.25, 0.3) is 5.69 Å². The van der Waals surface area contributed by atoms with Crippen molar-refractivity contribution in [2.75, 3.05) is 6.61 Å². The molecule has 0 aliphatic heterocycles. The number of hydrogen-bond donors (Lipinski definition) is 0. The molecule has 0 spiro atoms. The molecule has 0 N–H and O–H groups in total. The van der Waals surface area contributed by atoms with Crippen molar-refractivity contribution in [1.29, 1.82) is 0 Å². The molecule has 170 valence electrons. The predicted molar refractivity (Wildman–Crippen MR) is 131 cm³/mol. The molecule has 3 aromatic carbocycles. The Labute approximate surface area is 192 Å². The molecule has 0 amide bonds. The van der Waals surface area contributed by atoms with Gasteiger partial charge in [0.05, 0.1) is 4.92 Å². The molecule has 0 atom stereocenters. The maximum absolute atomic E-state index is 12.9. The fourth-order valence-electron chi connectivity index (χ4n) is 4.22. The average Bonchev–Trinajstić information content (AvgIpc) is 3.09. The zero-order valence-corrected chi connectivity index (χ0v) is 19.6. The third-order valence-corrected chi connectivity index (χ3v) is 6.10. The van der Waals surface area contributed by atoms with E-state index in [9.17, 15) is 14.9 Å². The number of benzene rings is 3. The van der Waals surface area contributed by atoms with Crippen molar-refractivity contribution in [3.8, 4) is 5.75 Å². The molecule has 0 bridgehead atoms. The number of nitro benzene ring substituents is 1. The van der Waals surface area contributed by atoms with E-state index >= 15 is 0 Å². The van der Waals surface area contributed by atoms with E-state index in [0.717, 1.165) is 33.9 Å². The number of aromatic nitrogens is 1. The predicted octanol–water partition coefficient (Wildman–Crippen LogP) is 6.59. The van der Waals surface area contributed by atoms with Gasteiger partial charge in [-0.25, -0.2) is 0 Å². The first kappa shape index (κ1) is 22.5. The van der Waals surface area contributed by atoms with Gasteiger partial charge in [0.2, 0.25) is 0 Å². The molecule has 1 aromatic heterocycles. The summed E-state index contributed by atoms with van der Waals surface area (Å²) >= 11 is 0. The van der Waals surface area contributed by atoms with E-state index in [1.54, 1.807) is 18.2 Å². The Bertz CT molecular complexity index is 1390. The minimum atomic E-state index is -0.398. The summed E-state index contributed by atoms with van der Waals surface area (Å²) in [6, 6.07) is 16.4. The van der Waals surface area contributed by atoms with Gasteiger partial charge < -0.3 is 9.30 Å². The minimum absolute atomic E-state index is 0.0342. The Kier molecular flexibility index (Phi) is 5.70. The number of carbonyl (C=O) groups excluding carboxylic acids is 1. The van der Waals surface area contributed by atoms with E-state index in [0.29, 0.717) is 11.3 Å². The third kappa shape index (κ3) is 4.21. The zero-order chi connectivity index (χ0) is 23.9. The van der Waals surface area contributed by atoms with Crippen LogP contribution in [0.1, 0.15) is 49.2 Å². The van der Waals surface area contributed by atoms with E-state index in [4.69, 9.17) is 4.74 Å². The summed E-state index contributed by atoms with van der Waals surface area (Å²) in [4.78, 5) is 23.8. The highest BCUT2D eigenvalue weighted by Crippen LogP contribution is 2.33. The first-order valence-corrected chi connectivity index (χ1v) is 11.1. The quantitative estimate of drug-likeness (QED) is 0.191. The number of Topliss-reactive ketones (excluding diaryl/α,β-unsaturated/α-hetero) is 1. The number of rotatable bonds is 6. The molecule has 1 heterocycles. The Morgan fingerprint density at radius 1 is 1.00 bits per heavy atom. The molecule has 33 heavy (non-hydrogen) atoms. The van der Waals surface area contributed by atoms with Gasteiger partial charge in [0, 0.05) is 46.0 Å². The van der Waals surface area contributed by atoms with Crippen LogP contribution < -0.4 is 4.74 Å². The largest absolute Gasteiger partial charge is 0.485 e. The lowest BCUT2D eigenvalue weighted by Crippen LogP contribution is -2.14. The molecular formula is C27H28N2O4. The van der Waals surface area contributed by atoms with Crippen LogP contribution in [-0.4, -0.2) is 21.9 Å². The number of nitrogens with zero attached hydrogens (tertiary/aromatic N) is 2. The Balaban J connectivity index is 1.64. The van der Waals surface area contributed by atoms with Gasteiger partial charge in [-0.15, -0.1) is 0 Å². The highest BCUT2D eigenvalue weighted by atomic mass is 16.6. The second kappa shape index (κ2) is 8.35. The van der Waals surface area contributed by atoms with Crippen molar-refractivity contribution in [3.63, 3.8) is 0 Å². The second-order valence-electron chi connectivity index (χ2n) is 9.38. The first-order valence-electron chi connectivity index (χ1n) is 11.1. The summed E-state index contributed by atoms with van der Waals surface area (Å²) in [6.45, 7) is 11.1. The van der Waals surface area contributed by atoms with Gasteiger partial charge in [0.1, 0.15) is 5.75 Å². The molecule has 4 rings (SSSR count). The molecule has 0 aliphatic carbocycles. The van der Waals surface area contributed by atoms with Crippen LogP contribution in [0.5, 0.6) is 5.75 Å². The number of carbonyl (C=O) groups is 1. The van der Waals surface area contributed by atoms with Crippen molar-refractivity contribution in [1.82, 2.24) is 4.57 Å². The zero-order valence-electron chi connectivity index (χ0n) is 19.6. The molecule has 6 nitrogen and oxygen atoms in total. The lowest BCUT2D eigenvalue weighted by Gasteiger charge is -2.20. The van der Waals surface area contributed by atoms with Crippen molar-refractivity contribution >= 4 is 33.3 Å². The molecule has 0 aliphatic rings. The number of hydrogen-bond acceptors (Lipinski definition) is 4. The fraction of sp³-hybridized carbons (Fsp3) is 0.296. The van der Waals surface area contributed by atoms with E-state index in [-0.39, 0.29) is 23.5 Å². The van der Waals surface area contributed by atoms with Crippen LogP contribution in [0, 0.1) is 17.0 Å². The summed E-state index contributed by atoms with van der Waals surface area (Å²) < 4.78 is 7.95. The van der Waals surface area contributed by atoms with Gasteiger partial charge in [-0.2, -0.15) is 0 Å². The lowest BCUT2D eigenvalue weighted by molar-refractivity contribution is -0.384. The fourth-order valence-corrected chi connectivity index (χ4v) is 4.22. The number of ether oxygens (including phenoxy) is 1. The molecular weight excluding hydrogens is 416 g/mol. The summed E-state index contributed by atoms with van der Waals surface area (Å²) in [5, 5.41) is 12.9. The number of aryl methyl sites for hydroxylation is 2. The monoisotopic (exact) mass is 444 g/mol. The Morgan fingerprint density at radius 2 is 1.67 bits per heavy atom. The molecule has 0 unspecified atom stereocenters. The first-order chi connectivity index (χ1) is 15.6. The topological polar surface area (TPSA) is 74.4 Å². The van der Waals surface area contributed by atoms with Crippen molar-refractivity contribution in [2.45, 2.75) is 46.6 Å². The standard InChI is InChI=1S/C27H28N2O4/c1-6-28-23-10-7-18(14-21(23)22-15-20(29(31)32)9-11-24(22)28)25(30)16-33-26-12-8-19(13-17(26)2)27(3,4)5/h7-15H,6,16H2,1-5H3. The van der Waals surface area contributed by atoms with Crippen LogP contribution in [-0.2, 0) is 12.0 Å². The van der Waals surface area contributed by atoms with E-state index in [1.807, 2.05) is 38.1 Å². The number of ketones is 1. The van der Waals surface area contributed by atoms with Crippen LogP contribution in [0.4, 0.5) is 5.69 Å². The smallest absolute Gasteiger partial charge is 0.270 e. The maximum Gasteiger partial charge on any atom is 0.270 e. The van der Waals surface area contributed by atoms with E-state index in [2.05, 4.69) is 31.4 Å². The van der Waals surface area contributed by atoms with Crippen LogP contribution >= 0.6 is 0 Å². The Morgan fingerprint density at radius 3 is 2.27 bits per heavy atom. The molecule has 0 saturated heterocycles. The van der Waals surface area contributed by atoms with Gasteiger partial charge in [-0.1, -0.05) is 32.9 Å². The molecule has 0 fully saturated rings. The van der Waals surface area contributed by atoms with Crippen LogP contribution in [0.2, 0.25) is 0 Å². The molecule has 0 radical (unpaired) electrons. The SMILES string of the molecule is CCn1c2ccc(C(=O)COc3ccc(C(C)(C)C)cc3C)cc2c2cc([N+](=O)[O-])ccc21. The highest BCUT2D eigenvalue weighted by Gasteiger charge is 2.18. The van der Waals surface area contributed by atoms with E-state index < -0.39 is 4.92 Å². The van der Waals surface area contributed by atoms with Crippen LogP contribution in [0.3, 0.4) is 0 Å². The minimum Gasteiger partial charge on any atom is -0.485 e. The maximum atomic E-state index is 12.9. The van der Waals surface area contributed by atoms with Gasteiger partial charge >= 0.3 is 0 Å². The second-order valence-corrected chi connectivity index (χ2v) is 9.38. The lowest BCUT2D eigenvalue weighted by atomic mass is 9.86. The van der Waals surface area contributed by atoms with Crippen LogP contribution in [0.25, 0.3) is 21.8 Å². The molecule has 0 saturated carbocycles. The normalized spacial score (nSPS) is 11.8. The average molecular weight is 445 g/mol. The molecule has 6 heteroatoms. The summed E-state index contributed by atoms with van der Waals surface area (Å²) in [5.41, 5.74) is 4.66. The molecule has 4 aromatic rings. The van der Waals surface area contributed by atoms with Crippen molar-refractivity contribution in [3.05, 3.63) is 81.4 Å². The van der Waals surface area contributed by atoms with Crippen molar-refractivity contribution < 1.29 is 14.5 Å². The van der Waals surface area contributed by atoms with Gasteiger partial charge in [-0.05, 0) is 60.7 Å². The van der Waals surface area contributed by atoms with Crippen LogP contribution in [0.15, 0.2) is 54.6 Å². The number of fused-ring (bicyclic) bond motifs is 3. The Hall–Kier alpha value is -3.67. The van der Waals surface area contributed by atoms with Gasteiger partial charge in [0.15, 0.2) is 12.4 Å². The van der Waals surface area contributed by atoms with Gasteiger partial charge in [-0.3, -0.25) is 14.9 Å². The number of non-ortho nitro benzene ring substituents is 1.